The van der Waals surface area contributed by atoms with Crippen LogP contribution in [0.1, 0.15) is 36.5 Å². The highest BCUT2D eigenvalue weighted by molar-refractivity contribution is 6.30. The number of aromatic nitrogens is 1. The number of hydrogen-bond donors (Lipinski definition) is 2. The number of carbonyl (C=O) groups is 2. The molecule has 108 valence electrons. The summed E-state index contributed by atoms with van der Waals surface area (Å²) in [6.45, 7) is 1.91. The SMILES string of the molecule is CC1(C(=O)O)CCCCN1C(=O)c1c[nH]c(=O)c(Cl)c1. The fourth-order valence-electron chi connectivity index (χ4n) is 2.40. The van der Waals surface area contributed by atoms with Crippen LogP contribution in [0.25, 0.3) is 0 Å². The fraction of sp³-hybridized carbons (Fsp3) is 0.462. The van der Waals surface area contributed by atoms with E-state index in [1.165, 1.54) is 17.2 Å². The Morgan fingerprint density at radius 3 is 2.75 bits per heavy atom. The van der Waals surface area contributed by atoms with Gasteiger partial charge in [0.05, 0.1) is 5.56 Å². The van der Waals surface area contributed by atoms with Gasteiger partial charge in [-0.3, -0.25) is 9.59 Å². The summed E-state index contributed by atoms with van der Waals surface area (Å²) in [7, 11) is 0. The van der Waals surface area contributed by atoms with Crippen LogP contribution in [0.4, 0.5) is 0 Å². The molecule has 0 aliphatic carbocycles. The molecule has 6 nitrogen and oxygen atoms in total. The van der Waals surface area contributed by atoms with Crippen molar-refractivity contribution >= 4 is 23.5 Å². The Balaban J connectivity index is 2.37. The number of hydrogen-bond acceptors (Lipinski definition) is 3. The number of rotatable bonds is 2. The highest BCUT2D eigenvalue weighted by Gasteiger charge is 2.44. The molecule has 20 heavy (non-hydrogen) atoms. The minimum absolute atomic E-state index is 0.0927. The first-order valence-corrected chi connectivity index (χ1v) is 6.67. The Labute approximate surface area is 120 Å². The van der Waals surface area contributed by atoms with Crippen molar-refractivity contribution in [2.75, 3.05) is 6.54 Å². The number of halogens is 1. The molecule has 1 fully saturated rings. The zero-order chi connectivity index (χ0) is 14.9. The van der Waals surface area contributed by atoms with E-state index in [2.05, 4.69) is 4.98 Å². The van der Waals surface area contributed by atoms with Crippen LogP contribution in [0.2, 0.25) is 5.02 Å². The van der Waals surface area contributed by atoms with Gasteiger partial charge in [-0.2, -0.15) is 0 Å². The molecule has 0 bridgehead atoms. The first-order valence-electron chi connectivity index (χ1n) is 6.30. The van der Waals surface area contributed by atoms with Gasteiger partial charge < -0.3 is 15.0 Å². The van der Waals surface area contributed by atoms with Crippen LogP contribution in [0, 0.1) is 0 Å². The van der Waals surface area contributed by atoms with Gasteiger partial charge in [0.1, 0.15) is 10.6 Å². The van der Waals surface area contributed by atoms with E-state index >= 15 is 0 Å². The van der Waals surface area contributed by atoms with Crippen molar-refractivity contribution in [3.05, 3.63) is 33.2 Å². The molecule has 0 spiro atoms. The molecule has 2 heterocycles. The maximum atomic E-state index is 12.5. The van der Waals surface area contributed by atoms with Crippen LogP contribution in [-0.4, -0.2) is 39.0 Å². The van der Waals surface area contributed by atoms with E-state index in [4.69, 9.17) is 11.6 Å². The lowest BCUT2D eigenvalue weighted by atomic mass is 9.88. The molecular weight excluding hydrogens is 284 g/mol. The van der Waals surface area contributed by atoms with Crippen molar-refractivity contribution in [2.45, 2.75) is 31.7 Å². The third-order valence-electron chi connectivity index (χ3n) is 3.70. The van der Waals surface area contributed by atoms with Crippen LogP contribution in [0.5, 0.6) is 0 Å². The largest absolute Gasteiger partial charge is 0.480 e. The maximum absolute atomic E-state index is 12.5. The number of aliphatic carboxylic acids is 1. The van der Waals surface area contributed by atoms with E-state index in [1.807, 2.05) is 0 Å². The molecule has 1 aromatic rings. The highest BCUT2D eigenvalue weighted by atomic mass is 35.5. The Kier molecular flexibility index (Phi) is 3.85. The monoisotopic (exact) mass is 298 g/mol. The number of amides is 1. The molecule has 7 heteroatoms. The second-order valence-electron chi connectivity index (χ2n) is 5.06. The van der Waals surface area contributed by atoms with Crippen LogP contribution < -0.4 is 5.56 Å². The number of carboxylic acids is 1. The topological polar surface area (TPSA) is 90.5 Å². The first-order chi connectivity index (χ1) is 9.36. The molecule has 0 aromatic carbocycles. The average molecular weight is 299 g/mol. The standard InChI is InChI=1S/C13H15ClN2O4/c1-13(12(19)20)4-2-3-5-16(13)11(18)8-6-9(14)10(17)15-7-8/h6-7H,2-5H2,1H3,(H,15,17)(H,19,20). The molecule has 1 aliphatic rings. The summed E-state index contributed by atoms with van der Waals surface area (Å²) >= 11 is 5.70. The van der Waals surface area contributed by atoms with E-state index in [0.717, 1.165) is 12.8 Å². The number of piperidine rings is 1. The third-order valence-corrected chi connectivity index (χ3v) is 3.98. The smallest absolute Gasteiger partial charge is 0.329 e. The molecule has 1 aromatic heterocycles. The van der Waals surface area contributed by atoms with Gasteiger partial charge in [-0.05, 0) is 32.3 Å². The van der Waals surface area contributed by atoms with Crippen LogP contribution in [0.3, 0.4) is 0 Å². The van der Waals surface area contributed by atoms with Crippen molar-refractivity contribution in [3.8, 4) is 0 Å². The Morgan fingerprint density at radius 1 is 1.45 bits per heavy atom. The molecule has 1 atom stereocenters. The average Bonchev–Trinajstić information content (AvgIpc) is 2.41. The second-order valence-corrected chi connectivity index (χ2v) is 5.47. The number of likely N-dealkylation sites (tertiary alicyclic amines) is 1. The lowest BCUT2D eigenvalue weighted by Gasteiger charge is -2.41. The summed E-state index contributed by atoms with van der Waals surface area (Å²) in [5.74, 6) is -1.46. The predicted octanol–water partition coefficient (Wildman–Crippen LogP) is 1.50. The third kappa shape index (κ3) is 2.43. The zero-order valence-corrected chi connectivity index (χ0v) is 11.7. The van der Waals surface area contributed by atoms with Gasteiger partial charge in [0.25, 0.3) is 11.5 Å². The lowest BCUT2D eigenvalue weighted by Crippen LogP contribution is -2.57. The zero-order valence-electron chi connectivity index (χ0n) is 11.0. The molecule has 0 radical (unpaired) electrons. The van der Waals surface area contributed by atoms with E-state index in [0.29, 0.717) is 13.0 Å². The number of carboxylic acid groups (broad SMARTS) is 1. The van der Waals surface area contributed by atoms with Gasteiger partial charge in [0.2, 0.25) is 0 Å². The van der Waals surface area contributed by atoms with Crippen molar-refractivity contribution in [2.24, 2.45) is 0 Å². The lowest BCUT2D eigenvalue weighted by molar-refractivity contribution is -0.150. The summed E-state index contributed by atoms with van der Waals surface area (Å²) in [5.41, 5.74) is -1.52. The minimum atomic E-state index is -1.22. The fourth-order valence-corrected chi connectivity index (χ4v) is 2.58. The van der Waals surface area contributed by atoms with Gasteiger partial charge in [0, 0.05) is 12.7 Å². The number of nitrogens with one attached hydrogen (secondary N) is 1. The Bertz CT molecular complexity index is 613. The summed E-state index contributed by atoms with van der Waals surface area (Å²) in [5, 5.41) is 9.29. The maximum Gasteiger partial charge on any atom is 0.329 e. The van der Waals surface area contributed by atoms with Gasteiger partial charge in [0.15, 0.2) is 0 Å². The van der Waals surface area contributed by atoms with E-state index in [-0.39, 0.29) is 10.6 Å². The second kappa shape index (κ2) is 5.28. The van der Waals surface area contributed by atoms with Crippen LogP contribution in [0.15, 0.2) is 17.1 Å². The van der Waals surface area contributed by atoms with Gasteiger partial charge in [-0.15, -0.1) is 0 Å². The van der Waals surface area contributed by atoms with Gasteiger partial charge in [-0.25, -0.2) is 4.79 Å². The molecule has 2 rings (SSSR count). The molecule has 1 saturated heterocycles. The summed E-state index contributed by atoms with van der Waals surface area (Å²) in [4.78, 5) is 38.8. The molecular formula is C13H15ClN2O4. The number of pyridine rings is 1. The van der Waals surface area contributed by atoms with E-state index in [9.17, 15) is 19.5 Å². The van der Waals surface area contributed by atoms with Crippen molar-refractivity contribution < 1.29 is 14.7 Å². The minimum Gasteiger partial charge on any atom is -0.480 e. The highest BCUT2D eigenvalue weighted by Crippen LogP contribution is 2.29. The van der Waals surface area contributed by atoms with E-state index < -0.39 is 23.0 Å². The van der Waals surface area contributed by atoms with Crippen molar-refractivity contribution in [1.82, 2.24) is 9.88 Å². The number of aromatic amines is 1. The quantitative estimate of drug-likeness (QED) is 0.865. The number of H-pyrrole nitrogens is 1. The van der Waals surface area contributed by atoms with E-state index in [1.54, 1.807) is 6.92 Å². The van der Waals surface area contributed by atoms with Crippen molar-refractivity contribution in [1.29, 1.82) is 0 Å². The molecule has 2 N–H and O–H groups in total. The number of carbonyl (C=O) groups excluding carboxylic acids is 1. The van der Waals surface area contributed by atoms with Crippen molar-refractivity contribution in [3.63, 3.8) is 0 Å². The molecule has 1 aliphatic heterocycles. The summed E-state index contributed by atoms with van der Waals surface area (Å²) < 4.78 is 0. The first kappa shape index (κ1) is 14.6. The van der Waals surface area contributed by atoms with Gasteiger partial charge in [-0.1, -0.05) is 11.6 Å². The van der Waals surface area contributed by atoms with Crippen LogP contribution in [-0.2, 0) is 4.79 Å². The molecule has 1 amide bonds. The van der Waals surface area contributed by atoms with Gasteiger partial charge >= 0.3 is 5.97 Å². The normalized spacial score (nSPS) is 22.6. The molecule has 1 unspecified atom stereocenters. The number of nitrogens with zero attached hydrogens (tertiary/aromatic N) is 1. The summed E-state index contributed by atoms with van der Waals surface area (Å²) in [6, 6.07) is 1.26. The predicted molar refractivity (Wildman–Crippen MR) is 73.0 cm³/mol. The molecule has 0 saturated carbocycles. The van der Waals surface area contributed by atoms with Crippen LogP contribution >= 0.6 is 11.6 Å². The Morgan fingerprint density at radius 2 is 2.15 bits per heavy atom. The Hall–Kier alpha value is -1.82. The summed E-state index contributed by atoms with van der Waals surface area (Å²) in [6.07, 6.45) is 3.18.